The molecule has 0 atom stereocenters. The first kappa shape index (κ1) is 20.7. The number of alkyl halides is 8. The number of halogens is 10. The summed E-state index contributed by atoms with van der Waals surface area (Å²) < 4.78 is 103. The summed E-state index contributed by atoms with van der Waals surface area (Å²) in [4.78, 5) is 1.97. The lowest BCUT2D eigenvalue weighted by atomic mass is 10.0. The number of nitrogens with one attached hydrogen (secondary N) is 1. The predicted octanol–water partition coefficient (Wildman–Crippen LogP) is 7.81. The first-order valence-electron chi connectivity index (χ1n) is 7.36. The number of aromatic nitrogens is 1. The van der Waals surface area contributed by atoms with Gasteiger partial charge in [-0.15, -0.1) is 0 Å². The molecule has 0 aliphatic carbocycles. The van der Waals surface area contributed by atoms with Crippen molar-refractivity contribution in [3.8, 4) is 11.1 Å². The van der Waals surface area contributed by atoms with Crippen molar-refractivity contribution in [2.45, 2.75) is 18.3 Å². The second-order valence-electron chi connectivity index (χ2n) is 5.87. The van der Waals surface area contributed by atoms with E-state index < -0.39 is 29.5 Å². The molecule has 3 aromatic rings. The quantitative estimate of drug-likeness (QED) is 0.385. The Kier molecular flexibility index (Phi) is 4.83. The van der Waals surface area contributed by atoms with Crippen LogP contribution in [-0.2, 0) is 12.1 Å². The predicted molar refractivity (Wildman–Crippen MR) is 88.7 cm³/mol. The summed E-state index contributed by atoms with van der Waals surface area (Å²) in [5.74, 6) is -5.12. The van der Waals surface area contributed by atoms with E-state index in [1.54, 1.807) is 0 Å². The highest BCUT2D eigenvalue weighted by Crippen LogP contribution is 2.45. The van der Waals surface area contributed by atoms with E-state index in [1.165, 1.54) is 6.07 Å². The lowest BCUT2D eigenvalue weighted by Crippen LogP contribution is -2.33. The van der Waals surface area contributed by atoms with E-state index in [-0.39, 0.29) is 32.1 Å². The van der Waals surface area contributed by atoms with Gasteiger partial charge < -0.3 is 4.98 Å². The number of hydrogen-bond donors (Lipinski definition) is 1. The largest absolute Gasteiger partial charge is 0.459 e. The standard InChI is InChI=1S/C17H7Cl2F8N/c18-11-5-8(16(22,23)24)1-2-9(11)10-3-7-4-14(15(20,21)17(25,26)27)28-13(7)6-12(10)19/h1-6,28H. The van der Waals surface area contributed by atoms with Crippen LogP contribution in [0.5, 0.6) is 0 Å². The fourth-order valence-corrected chi connectivity index (χ4v) is 3.14. The molecule has 3 rings (SSSR count). The minimum absolute atomic E-state index is 0.0470. The number of benzene rings is 2. The van der Waals surface area contributed by atoms with Crippen molar-refractivity contribution in [2.24, 2.45) is 0 Å². The van der Waals surface area contributed by atoms with Gasteiger partial charge in [-0.1, -0.05) is 29.3 Å². The molecule has 1 N–H and O–H groups in total. The van der Waals surface area contributed by atoms with Crippen molar-refractivity contribution < 1.29 is 35.1 Å². The lowest BCUT2D eigenvalue weighted by Gasteiger charge is -2.17. The molecule has 2 aromatic carbocycles. The van der Waals surface area contributed by atoms with Gasteiger partial charge in [0.1, 0.15) is 0 Å². The molecule has 0 aliphatic heterocycles. The molecule has 0 saturated carbocycles. The van der Waals surface area contributed by atoms with Crippen LogP contribution >= 0.6 is 23.2 Å². The Morgan fingerprint density at radius 2 is 1.32 bits per heavy atom. The number of fused-ring (bicyclic) bond motifs is 1. The monoisotopic (exact) mass is 447 g/mol. The zero-order valence-electron chi connectivity index (χ0n) is 13.2. The number of rotatable bonds is 2. The number of aromatic amines is 1. The van der Waals surface area contributed by atoms with Crippen LogP contribution in [0.15, 0.2) is 36.4 Å². The van der Waals surface area contributed by atoms with Crippen molar-refractivity contribution >= 4 is 34.1 Å². The van der Waals surface area contributed by atoms with E-state index >= 15 is 0 Å². The van der Waals surface area contributed by atoms with Gasteiger partial charge in [0.05, 0.1) is 16.3 Å². The summed E-state index contributed by atoms with van der Waals surface area (Å²) in [6.07, 6.45) is -10.4. The smallest absolute Gasteiger partial charge is 0.353 e. The second kappa shape index (κ2) is 6.52. The van der Waals surface area contributed by atoms with Crippen LogP contribution in [-0.4, -0.2) is 11.2 Å². The van der Waals surface area contributed by atoms with E-state index in [9.17, 15) is 35.1 Å². The van der Waals surface area contributed by atoms with Crippen LogP contribution in [0.25, 0.3) is 22.0 Å². The van der Waals surface area contributed by atoms with Gasteiger partial charge in [-0.2, -0.15) is 35.1 Å². The van der Waals surface area contributed by atoms with E-state index in [0.29, 0.717) is 12.1 Å². The number of H-pyrrole nitrogens is 1. The lowest BCUT2D eigenvalue weighted by molar-refractivity contribution is -0.290. The van der Waals surface area contributed by atoms with E-state index in [0.717, 1.165) is 18.2 Å². The first-order valence-corrected chi connectivity index (χ1v) is 8.12. The van der Waals surface area contributed by atoms with Crippen LogP contribution in [0.4, 0.5) is 35.1 Å². The van der Waals surface area contributed by atoms with E-state index in [1.807, 2.05) is 4.98 Å². The Labute approximate surface area is 161 Å². The van der Waals surface area contributed by atoms with Crippen LogP contribution in [0.2, 0.25) is 10.0 Å². The molecule has 0 bridgehead atoms. The Morgan fingerprint density at radius 1 is 0.714 bits per heavy atom. The molecule has 0 amide bonds. The van der Waals surface area contributed by atoms with Gasteiger partial charge in [0, 0.05) is 27.1 Å². The molecule has 1 aromatic heterocycles. The highest BCUT2D eigenvalue weighted by molar-refractivity contribution is 6.37. The molecule has 0 saturated heterocycles. The molecule has 28 heavy (non-hydrogen) atoms. The molecule has 0 aliphatic rings. The van der Waals surface area contributed by atoms with Gasteiger partial charge >= 0.3 is 18.3 Å². The molecule has 1 heterocycles. The molecule has 150 valence electrons. The van der Waals surface area contributed by atoms with Gasteiger partial charge in [-0.25, -0.2) is 0 Å². The summed E-state index contributed by atoms with van der Waals surface area (Å²) >= 11 is 11.9. The minimum Gasteiger partial charge on any atom is -0.353 e. The molecule has 0 fully saturated rings. The average molecular weight is 448 g/mol. The summed E-state index contributed by atoms with van der Waals surface area (Å²) in [5.41, 5.74) is -2.36. The minimum atomic E-state index is -5.81. The Hall–Kier alpha value is -2.00. The van der Waals surface area contributed by atoms with Gasteiger partial charge in [0.2, 0.25) is 0 Å². The maximum absolute atomic E-state index is 13.5. The molecule has 0 unspecified atom stereocenters. The fraction of sp³-hybridized carbons (Fsp3) is 0.176. The maximum Gasteiger partial charge on any atom is 0.459 e. The van der Waals surface area contributed by atoms with Gasteiger partial charge in [-0.05, 0) is 30.3 Å². The Bertz CT molecular complexity index is 1050. The van der Waals surface area contributed by atoms with E-state index in [2.05, 4.69) is 0 Å². The SMILES string of the molecule is FC(F)(F)c1ccc(-c2cc3cc(C(F)(F)C(F)(F)F)[nH]c3cc2Cl)c(Cl)c1. The number of hydrogen-bond acceptors (Lipinski definition) is 0. The zero-order chi connectivity index (χ0) is 21.1. The van der Waals surface area contributed by atoms with E-state index in [4.69, 9.17) is 23.2 Å². The van der Waals surface area contributed by atoms with Gasteiger partial charge in [0.15, 0.2) is 0 Å². The third-order valence-electron chi connectivity index (χ3n) is 3.99. The normalized spacial score (nSPS) is 13.4. The molecular weight excluding hydrogens is 441 g/mol. The summed E-state index contributed by atoms with van der Waals surface area (Å²) in [5, 5.41) is -0.459. The molecular formula is C17H7Cl2F8N. The van der Waals surface area contributed by atoms with Crippen LogP contribution < -0.4 is 0 Å². The van der Waals surface area contributed by atoms with Gasteiger partial charge in [-0.3, -0.25) is 0 Å². The maximum atomic E-state index is 13.5. The molecule has 0 spiro atoms. The highest BCUT2D eigenvalue weighted by Gasteiger charge is 2.59. The average Bonchev–Trinajstić information content (AvgIpc) is 2.95. The Morgan fingerprint density at radius 3 is 1.86 bits per heavy atom. The first-order chi connectivity index (χ1) is 12.7. The highest BCUT2D eigenvalue weighted by atomic mass is 35.5. The topological polar surface area (TPSA) is 15.8 Å². The van der Waals surface area contributed by atoms with Crippen molar-refractivity contribution in [1.29, 1.82) is 0 Å². The van der Waals surface area contributed by atoms with Crippen LogP contribution in [0.3, 0.4) is 0 Å². The van der Waals surface area contributed by atoms with Crippen LogP contribution in [0, 0.1) is 0 Å². The summed E-state index contributed by atoms with van der Waals surface area (Å²) in [7, 11) is 0. The second-order valence-corrected chi connectivity index (χ2v) is 6.68. The summed E-state index contributed by atoms with van der Waals surface area (Å²) in [6.45, 7) is 0. The molecule has 11 heteroatoms. The van der Waals surface area contributed by atoms with Crippen LogP contribution in [0.1, 0.15) is 11.3 Å². The van der Waals surface area contributed by atoms with Crippen molar-refractivity contribution in [3.63, 3.8) is 0 Å². The molecule has 1 nitrogen and oxygen atoms in total. The fourth-order valence-electron chi connectivity index (χ4n) is 2.59. The van der Waals surface area contributed by atoms with Crippen molar-refractivity contribution in [1.82, 2.24) is 4.98 Å². The van der Waals surface area contributed by atoms with Crippen molar-refractivity contribution in [3.05, 3.63) is 57.7 Å². The molecule has 0 radical (unpaired) electrons. The third kappa shape index (κ3) is 3.53. The van der Waals surface area contributed by atoms with Crippen molar-refractivity contribution in [2.75, 3.05) is 0 Å². The van der Waals surface area contributed by atoms with Gasteiger partial charge in [0.25, 0.3) is 0 Å². The summed E-state index contributed by atoms with van der Waals surface area (Å²) in [6, 6.07) is 5.31. The Balaban J connectivity index is 2.13. The third-order valence-corrected chi connectivity index (χ3v) is 4.61. The zero-order valence-corrected chi connectivity index (χ0v) is 14.8.